The molecule has 0 aliphatic heterocycles. The van der Waals surface area contributed by atoms with Crippen molar-refractivity contribution in [3.63, 3.8) is 0 Å². The molecule has 0 aliphatic rings. The number of fused-ring (bicyclic) bond motifs is 2. The van der Waals surface area contributed by atoms with Gasteiger partial charge >= 0.3 is 0 Å². The molecule has 9 nitrogen and oxygen atoms in total. The Balaban J connectivity index is 0.739. The van der Waals surface area contributed by atoms with Crippen molar-refractivity contribution >= 4 is 41.2 Å². The first-order chi connectivity index (χ1) is 29.7. The molecule has 8 rings (SSSR count). The first-order valence-corrected chi connectivity index (χ1v) is 22.6. The van der Waals surface area contributed by atoms with Gasteiger partial charge in [-0.05, 0) is 130 Å². The zero-order chi connectivity index (χ0) is 42.1. The van der Waals surface area contributed by atoms with Gasteiger partial charge in [0.15, 0.2) is 0 Å². The molecule has 0 N–H and O–H groups in total. The van der Waals surface area contributed by atoms with E-state index in [2.05, 4.69) is 36.4 Å². The molecular weight excluding hydrogens is 809 g/mol. The van der Waals surface area contributed by atoms with Crippen molar-refractivity contribution in [2.24, 2.45) is 0 Å². The van der Waals surface area contributed by atoms with Crippen molar-refractivity contribution < 1.29 is 40.5 Å². The van der Waals surface area contributed by atoms with Gasteiger partial charge in [-0.1, -0.05) is 84.9 Å². The van der Waals surface area contributed by atoms with Gasteiger partial charge in [-0.2, -0.15) is 0 Å². The Morgan fingerprint density at radius 3 is 0.984 bits per heavy atom. The van der Waals surface area contributed by atoms with Crippen LogP contribution in [-0.2, 0) is 37.6 Å². The summed E-state index contributed by atoms with van der Waals surface area (Å²) in [6, 6.07) is 53.7. The van der Waals surface area contributed by atoms with Gasteiger partial charge in [0.05, 0.1) is 32.8 Å². The van der Waals surface area contributed by atoms with Gasteiger partial charge in [-0.15, -0.1) is 0 Å². The van der Waals surface area contributed by atoms with Crippen LogP contribution < -0.4 is 18.9 Å². The van der Waals surface area contributed by atoms with Crippen molar-refractivity contribution in [1.29, 1.82) is 0 Å². The van der Waals surface area contributed by atoms with Gasteiger partial charge in [-0.25, -0.2) is 16.8 Å². The lowest BCUT2D eigenvalue weighted by atomic mass is 10.1. The highest BCUT2D eigenvalue weighted by Crippen LogP contribution is 2.28. The standard InChI is InChI=1S/C50H42O9S2/c51-60(52,47-27-19-43(20-28-47)58-35-39-11-5-9-37-7-1-3-13-49(37)39)45-23-15-41(16-24-45)56-33-31-55-32-34-57-42-17-25-46(26-18-42)61(53,54)48-29-21-44(22-30-48)59-36-40-12-6-10-38-8-2-4-14-50(38)40/h1-30H,31-36H2. The fourth-order valence-corrected chi connectivity index (χ4v) is 9.35. The molecule has 0 saturated heterocycles. The van der Waals surface area contributed by atoms with Gasteiger partial charge in [-0.3, -0.25) is 0 Å². The molecule has 8 aromatic rings. The predicted molar refractivity (Wildman–Crippen MR) is 235 cm³/mol. The van der Waals surface area contributed by atoms with Crippen molar-refractivity contribution in [3.05, 3.63) is 193 Å². The van der Waals surface area contributed by atoms with Gasteiger partial charge in [0, 0.05) is 0 Å². The molecule has 308 valence electrons. The Bertz CT molecular complexity index is 2740. The average Bonchev–Trinajstić information content (AvgIpc) is 3.30. The van der Waals surface area contributed by atoms with E-state index in [1.165, 1.54) is 24.3 Å². The maximum Gasteiger partial charge on any atom is 0.206 e. The molecule has 11 heteroatoms. The van der Waals surface area contributed by atoms with Crippen molar-refractivity contribution in [2.75, 3.05) is 26.4 Å². The lowest BCUT2D eigenvalue weighted by Crippen LogP contribution is -2.12. The molecular formula is C50H42O9S2. The van der Waals surface area contributed by atoms with E-state index in [1.807, 2.05) is 48.5 Å². The van der Waals surface area contributed by atoms with Crippen LogP contribution in [0.1, 0.15) is 11.1 Å². The summed E-state index contributed by atoms with van der Waals surface area (Å²) in [4.78, 5) is 0.625. The zero-order valence-corrected chi connectivity index (χ0v) is 34.7. The zero-order valence-electron chi connectivity index (χ0n) is 33.1. The van der Waals surface area contributed by atoms with E-state index in [0.29, 0.717) is 36.2 Å². The van der Waals surface area contributed by atoms with Crippen LogP contribution in [0.2, 0.25) is 0 Å². The average molecular weight is 851 g/mol. The molecule has 0 atom stereocenters. The number of ether oxygens (including phenoxy) is 5. The molecule has 0 spiro atoms. The Hall–Kier alpha value is -6.66. The Morgan fingerprint density at radius 2 is 0.623 bits per heavy atom. The van der Waals surface area contributed by atoms with E-state index in [0.717, 1.165) is 32.7 Å². The maximum absolute atomic E-state index is 13.3. The second-order valence-corrected chi connectivity index (χ2v) is 18.0. The third-order valence-electron chi connectivity index (χ3n) is 10.1. The van der Waals surface area contributed by atoms with Gasteiger partial charge < -0.3 is 23.7 Å². The third kappa shape index (κ3) is 9.87. The van der Waals surface area contributed by atoms with Gasteiger partial charge in [0.25, 0.3) is 0 Å². The molecule has 0 saturated carbocycles. The smallest absolute Gasteiger partial charge is 0.206 e. The van der Waals surface area contributed by atoms with Gasteiger partial charge in [0.2, 0.25) is 19.7 Å². The first kappa shape index (κ1) is 41.1. The number of hydrogen-bond donors (Lipinski definition) is 0. The maximum atomic E-state index is 13.3. The molecule has 0 aliphatic carbocycles. The summed E-state index contributed by atoms with van der Waals surface area (Å²) in [5.41, 5.74) is 2.10. The summed E-state index contributed by atoms with van der Waals surface area (Å²) in [5.74, 6) is 2.16. The minimum Gasteiger partial charge on any atom is -0.491 e. The number of rotatable bonds is 18. The van der Waals surface area contributed by atoms with E-state index >= 15 is 0 Å². The van der Waals surface area contributed by atoms with Crippen molar-refractivity contribution in [1.82, 2.24) is 0 Å². The topological polar surface area (TPSA) is 114 Å². The molecule has 0 heterocycles. The molecule has 0 radical (unpaired) electrons. The molecule has 0 unspecified atom stereocenters. The summed E-state index contributed by atoms with van der Waals surface area (Å²) in [6.45, 7) is 1.78. The molecule has 61 heavy (non-hydrogen) atoms. The quantitative estimate of drug-likeness (QED) is 0.0779. The first-order valence-electron chi connectivity index (χ1n) is 19.7. The summed E-state index contributed by atoms with van der Waals surface area (Å²) in [7, 11) is -7.50. The van der Waals surface area contributed by atoms with E-state index in [9.17, 15) is 16.8 Å². The fourth-order valence-electron chi connectivity index (χ4n) is 6.83. The second kappa shape index (κ2) is 18.7. The minimum absolute atomic E-state index is 0.149. The largest absolute Gasteiger partial charge is 0.491 e. The van der Waals surface area contributed by atoms with Crippen LogP contribution in [0.15, 0.2) is 202 Å². The Kier molecular flexibility index (Phi) is 12.6. The second-order valence-electron chi connectivity index (χ2n) is 14.1. The summed E-state index contributed by atoms with van der Waals surface area (Å²) in [5, 5.41) is 4.50. The molecule has 0 amide bonds. The minimum atomic E-state index is -3.75. The van der Waals surface area contributed by atoms with Crippen LogP contribution in [0.4, 0.5) is 0 Å². The van der Waals surface area contributed by atoms with Crippen LogP contribution in [-0.4, -0.2) is 43.3 Å². The number of hydrogen-bond acceptors (Lipinski definition) is 9. The number of benzene rings is 8. The lowest BCUT2D eigenvalue weighted by molar-refractivity contribution is 0.0764. The number of sulfone groups is 2. The van der Waals surface area contributed by atoms with Crippen molar-refractivity contribution in [2.45, 2.75) is 32.8 Å². The van der Waals surface area contributed by atoms with Crippen LogP contribution in [0.5, 0.6) is 23.0 Å². The summed E-state index contributed by atoms with van der Waals surface area (Å²) >= 11 is 0. The van der Waals surface area contributed by atoms with Gasteiger partial charge in [0.1, 0.15) is 49.4 Å². The van der Waals surface area contributed by atoms with Crippen LogP contribution >= 0.6 is 0 Å². The highest BCUT2D eigenvalue weighted by molar-refractivity contribution is 7.91. The van der Waals surface area contributed by atoms with E-state index in [4.69, 9.17) is 23.7 Å². The Labute approximate surface area is 355 Å². The van der Waals surface area contributed by atoms with Crippen LogP contribution in [0.25, 0.3) is 21.5 Å². The van der Waals surface area contributed by atoms with Crippen LogP contribution in [0, 0.1) is 0 Å². The van der Waals surface area contributed by atoms with Crippen LogP contribution in [0.3, 0.4) is 0 Å². The van der Waals surface area contributed by atoms with E-state index in [-0.39, 0.29) is 46.0 Å². The SMILES string of the molecule is O=S(=O)(c1ccc(OCCOCCOc2ccc(S(=O)(=O)c3ccc(OCc4cccc5ccccc45)cc3)cc2)cc1)c1ccc(OCc2cccc3ccccc23)cc1. The highest BCUT2D eigenvalue weighted by Gasteiger charge is 2.19. The molecule has 8 aromatic carbocycles. The molecule has 0 fully saturated rings. The lowest BCUT2D eigenvalue weighted by Gasteiger charge is -2.11. The highest BCUT2D eigenvalue weighted by atomic mass is 32.2. The molecule has 0 bridgehead atoms. The summed E-state index contributed by atoms with van der Waals surface area (Å²) in [6.07, 6.45) is 0. The normalized spacial score (nSPS) is 11.7. The third-order valence-corrected chi connectivity index (χ3v) is 13.6. The van der Waals surface area contributed by atoms with E-state index < -0.39 is 19.7 Å². The predicted octanol–water partition coefficient (Wildman–Crippen LogP) is 10.3. The monoisotopic (exact) mass is 850 g/mol. The van der Waals surface area contributed by atoms with Crippen molar-refractivity contribution in [3.8, 4) is 23.0 Å². The van der Waals surface area contributed by atoms with E-state index in [1.54, 1.807) is 72.8 Å². The molecule has 0 aromatic heterocycles. The summed E-state index contributed by atoms with van der Waals surface area (Å²) < 4.78 is 82.3. The fraction of sp³-hybridized carbons (Fsp3) is 0.120. The Morgan fingerprint density at radius 1 is 0.311 bits per heavy atom.